The molecule has 0 bridgehead atoms. The third-order valence-electron chi connectivity index (χ3n) is 8.91. The van der Waals surface area contributed by atoms with Crippen LogP contribution in [0.5, 0.6) is 11.5 Å². The fourth-order valence-electron chi connectivity index (χ4n) is 6.30. The quantitative estimate of drug-likeness (QED) is 0.234. The number of piperazine rings is 1. The second kappa shape index (κ2) is 13.4. The highest BCUT2D eigenvalue weighted by Crippen LogP contribution is 2.32. The minimum Gasteiger partial charge on any atom is -0.504 e. The number of rotatable bonds is 7. The van der Waals surface area contributed by atoms with Crippen molar-refractivity contribution in [3.63, 3.8) is 0 Å². The van der Waals surface area contributed by atoms with Crippen LogP contribution < -0.4 is 20.5 Å². The highest BCUT2D eigenvalue weighted by atomic mass is 35.5. The molecule has 7 rings (SSSR count). The van der Waals surface area contributed by atoms with Crippen LogP contribution in [-0.4, -0.2) is 88.7 Å². The number of hydrogen-bond acceptors (Lipinski definition) is 11. The average molecular weight is 739 g/mol. The summed E-state index contributed by atoms with van der Waals surface area (Å²) in [6.45, 7) is 4.28. The van der Waals surface area contributed by atoms with Crippen molar-refractivity contribution >= 4 is 40.6 Å². The molecule has 0 saturated carbocycles. The third-order valence-corrected chi connectivity index (χ3v) is 9.20. The maximum absolute atomic E-state index is 14.3. The van der Waals surface area contributed by atoms with Crippen molar-refractivity contribution in [3.8, 4) is 22.9 Å². The van der Waals surface area contributed by atoms with Gasteiger partial charge in [0.25, 0.3) is 11.5 Å². The number of hydrogen-bond donors (Lipinski definition) is 2. The average Bonchev–Trinajstić information content (AvgIpc) is 3.79. The summed E-state index contributed by atoms with van der Waals surface area (Å²) >= 11 is 6.02. The fraction of sp³-hybridized carbons (Fsp3) is 0.333. The SMILES string of the molecule is CCc1c(N2CCN(C(=O)c3ncnc(C)c3O)CC2)c(=O)n2nc(-c3ccc4c(c3)CCO4)nc2n1CC(=O)Nc1ccc(C(F)(F)F)nc1Cl. The van der Waals surface area contributed by atoms with Crippen molar-refractivity contribution in [3.05, 3.63) is 80.5 Å². The largest absolute Gasteiger partial charge is 0.504 e. The van der Waals surface area contributed by atoms with Crippen LogP contribution in [0, 0.1) is 6.92 Å². The van der Waals surface area contributed by atoms with Crippen LogP contribution in [0.1, 0.15) is 40.1 Å². The summed E-state index contributed by atoms with van der Waals surface area (Å²) in [7, 11) is 0. The number of ether oxygens (including phenoxy) is 1. The molecule has 6 heterocycles. The number of benzene rings is 1. The molecule has 52 heavy (non-hydrogen) atoms. The van der Waals surface area contributed by atoms with E-state index in [9.17, 15) is 32.7 Å². The van der Waals surface area contributed by atoms with Gasteiger partial charge in [0, 0.05) is 38.2 Å². The lowest BCUT2D eigenvalue weighted by Gasteiger charge is -2.36. The Morgan fingerprint density at radius 2 is 1.85 bits per heavy atom. The van der Waals surface area contributed by atoms with E-state index < -0.39 is 40.9 Å². The van der Waals surface area contributed by atoms with Crippen LogP contribution in [0.25, 0.3) is 17.2 Å². The van der Waals surface area contributed by atoms with E-state index in [2.05, 4.69) is 30.4 Å². The number of aryl methyl sites for hydroxylation is 1. The van der Waals surface area contributed by atoms with Gasteiger partial charge in [-0.25, -0.2) is 15.0 Å². The number of alkyl halides is 3. The van der Waals surface area contributed by atoms with E-state index in [1.165, 1.54) is 15.8 Å². The Labute approximate surface area is 297 Å². The molecule has 5 aromatic rings. The van der Waals surface area contributed by atoms with Gasteiger partial charge in [-0.2, -0.15) is 22.7 Å². The Morgan fingerprint density at radius 1 is 1.08 bits per heavy atom. The first kappa shape index (κ1) is 34.7. The molecule has 0 radical (unpaired) electrons. The van der Waals surface area contributed by atoms with Gasteiger partial charge >= 0.3 is 6.18 Å². The van der Waals surface area contributed by atoms with E-state index in [-0.39, 0.29) is 72.7 Å². The number of carbonyl (C=O) groups excluding carboxylic acids is 2. The predicted octanol–water partition coefficient (Wildman–Crippen LogP) is 3.53. The molecule has 0 spiro atoms. The molecule has 4 aromatic heterocycles. The third kappa shape index (κ3) is 6.33. The first-order valence-corrected chi connectivity index (χ1v) is 16.6. The summed E-state index contributed by atoms with van der Waals surface area (Å²) in [6.07, 6.45) is -2.57. The van der Waals surface area contributed by atoms with Gasteiger partial charge in [-0.05, 0) is 49.2 Å². The van der Waals surface area contributed by atoms with Crippen molar-refractivity contribution in [1.29, 1.82) is 0 Å². The summed E-state index contributed by atoms with van der Waals surface area (Å²) in [5.74, 6) is -0.429. The van der Waals surface area contributed by atoms with Gasteiger partial charge < -0.3 is 29.5 Å². The highest BCUT2D eigenvalue weighted by Gasteiger charge is 2.34. The molecule has 2 aliphatic heterocycles. The second-order valence-corrected chi connectivity index (χ2v) is 12.5. The van der Waals surface area contributed by atoms with Crippen LogP contribution in [0.4, 0.5) is 24.5 Å². The fourth-order valence-corrected chi connectivity index (χ4v) is 6.50. The van der Waals surface area contributed by atoms with E-state index in [4.69, 9.17) is 16.3 Å². The Morgan fingerprint density at radius 3 is 2.56 bits per heavy atom. The van der Waals surface area contributed by atoms with Crippen molar-refractivity contribution in [2.24, 2.45) is 0 Å². The molecule has 2 amide bonds. The van der Waals surface area contributed by atoms with Crippen LogP contribution in [0.3, 0.4) is 0 Å². The number of aromatic nitrogens is 7. The summed E-state index contributed by atoms with van der Waals surface area (Å²) in [5.41, 5.74) is 0.560. The molecule has 2 N–H and O–H groups in total. The monoisotopic (exact) mass is 738 g/mol. The molecule has 270 valence electrons. The first-order chi connectivity index (χ1) is 24.8. The van der Waals surface area contributed by atoms with E-state index in [0.29, 0.717) is 30.4 Å². The normalized spacial score (nSPS) is 14.4. The van der Waals surface area contributed by atoms with Gasteiger partial charge in [0.1, 0.15) is 30.0 Å². The van der Waals surface area contributed by atoms with Crippen molar-refractivity contribution in [1.82, 2.24) is 39.0 Å². The maximum Gasteiger partial charge on any atom is 0.433 e. The number of amides is 2. The summed E-state index contributed by atoms with van der Waals surface area (Å²) in [4.78, 5) is 60.3. The number of halogens is 4. The minimum atomic E-state index is -4.73. The lowest BCUT2D eigenvalue weighted by Crippen LogP contribution is -2.51. The van der Waals surface area contributed by atoms with Crippen molar-refractivity contribution in [2.45, 2.75) is 39.4 Å². The van der Waals surface area contributed by atoms with Gasteiger partial charge in [0.15, 0.2) is 22.4 Å². The number of anilines is 2. The van der Waals surface area contributed by atoms with Crippen LogP contribution >= 0.6 is 11.6 Å². The number of pyridine rings is 1. The molecule has 19 heteroatoms. The zero-order valence-electron chi connectivity index (χ0n) is 27.7. The molecule has 2 aliphatic rings. The zero-order chi connectivity index (χ0) is 36.9. The van der Waals surface area contributed by atoms with E-state index in [0.717, 1.165) is 21.9 Å². The van der Waals surface area contributed by atoms with Gasteiger partial charge in [-0.15, -0.1) is 5.10 Å². The van der Waals surface area contributed by atoms with Gasteiger partial charge in [0.2, 0.25) is 11.7 Å². The second-order valence-electron chi connectivity index (χ2n) is 12.1. The molecule has 0 aliphatic carbocycles. The van der Waals surface area contributed by atoms with Gasteiger partial charge in [-0.1, -0.05) is 18.5 Å². The summed E-state index contributed by atoms with van der Waals surface area (Å²) < 4.78 is 47.8. The molecular weight excluding hydrogens is 709 g/mol. The number of fused-ring (bicyclic) bond motifs is 2. The van der Waals surface area contributed by atoms with E-state index in [1.807, 2.05) is 6.07 Å². The summed E-state index contributed by atoms with van der Waals surface area (Å²) in [6, 6.07) is 7.18. The zero-order valence-corrected chi connectivity index (χ0v) is 28.5. The molecular formula is C33H30ClF3N10O5. The smallest absolute Gasteiger partial charge is 0.433 e. The standard InChI is InChI=1S/C33H30ClF3N10O5/c1-3-21-26(44-9-11-45(12-10-44)30(50)25-27(49)17(2)38-16-39-25)31(51)47-32(42-29(43-47)19-4-6-22-18(14-19)8-13-52-22)46(21)15-24(48)40-20-5-7-23(33(35,36)37)41-28(20)34/h4-7,14,16,49H,3,8-13,15H2,1-2H3,(H,40,48). The van der Waals surface area contributed by atoms with Crippen molar-refractivity contribution in [2.75, 3.05) is 43.0 Å². The number of carbonyl (C=O) groups is 2. The topological polar surface area (TPSA) is 173 Å². The molecule has 15 nitrogen and oxygen atoms in total. The lowest BCUT2D eigenvalue weighted by atomic mass is 10.1. The van der Waals surface area contributed by atoms with Crippen LogP contribution in [-0.2, 0) is 30.4 Å². The van der Waals surface area contributed by atoms with Crippen LogP contribution in [0.2, 0.25) is 5.15 Å². The Kier molecular flexibility index (Phi) is 8.93. The molecule has 0 atom stereocenters. The predicted molar refractivity (Wildman–Crippen MR) is 181 cm³/mol. The van der Waals surface area contributed by atoms with Crippen LogP contribution in [0.15, 0.2) is 41.5 Å². The molecule has 1 aromatic carbocycles. The number of nitrogens with one attached hydrogen (secondary N) is 1. The van der Waals surface area contributed by atoms with Crippen molar-refractivity contribution < 1.29 is 32.6 Å². The highest BCUT2D eigenvalue weighted by molar-refractivity contribution is 6.32. The van der Waals surface area contributed by atoms with Gasteiger partial charge in [0.05, 0.1) is 23.7 Å². The molecule has 0 unspecified atom stereocenters. The van der Waals surface area contributed by atoms with E-state index >= 15 is 0 Å². The lowest BCUT2D eigenvalue weighted by molar-refractivity contribution is -0.141. The Bertz CT molecular complexity index is 2300. The van der Waals surface area contributed by atoms with Gasteiger partial charge in [-0.3, -0.25) is 14.4 Å². The first-order valence-electron chi connectivity index (χ1n) is 16.2. The summed E-state index contributed by atoms with van der Waals surface area (Å²) in [5, 5.41) is 16.9. The molecule has 1 fully saturated rings. The van der Waals surface area contributed by atoms with E-state index in [1.54, 1.807) is 30.9 Å². The number of aromatic hydroxyl groups is 1. The minimum absolute atomic E-state index is 0.0626. The Hall–Kier alpha value is -5.78. The Balaban J connectivity index is 1.25. The number of nitrogens with zero attached hydrogens (tertiary/aromatic N) is 9. The molecule has 1 saturated heterocycles. The maximum atomic E-state index is 14.3.